The third-order valence-electron chi connectivity index (χ3n) is 4.15. The van der Waals surface area contributed by atoms with Crippen molar-refractivity contribution in [2.24, 2.45) is 5.92 Å². The molecule has 0 spiro atoms. The highest BCUT2D eigenvalue weighted by atomic mass is 16.6. The Morgan fingerprint density at radius 3 is 2.94 bits per heavy atom. The highest BCUT2D eigenvalue weighted by Gasteiger charge is 2.59. The fourth-order valence-corrected chi connectivity index (χ4v) is 3.26. The van der Waals surface area contributed by atoms with Crippen molar-refractivity contribution in [1.29, 1.82) is 0 Å². The zero-order valence-electron chi connectivity index (χ0n) is 10.8. The topological polar surface area (TPSA) is 42.4 Å². The predicted molar refractivity (Wildman–Crippen MR) is 67.1 cm³/mol. The van der Waals surface area contributed by atoms with E-state index in [9.17, 15) is 4.79 Å². The zero-order chi connectivity index (χ0) is 12.8. The van der Waals surface area contributed by atoms with Gasteiger partial charge in [-0.2, -0.15) is 0 Å². The maximum Gasteiger partial charge on any atom is 0.410 e. The number of ether oxygens (including phenoxy) is 1. The molecule has 1 amide bonds. The first kappa shape index (κ1) is 11.5. The molecule has 1 aromatic heterocycles. The van der Waals surface area contributed by atoms with E-state index < -0.39 is 0 Å². The highest BCUT2D eigenvalue weighted by molar-refractivity contribution is 5.70. The third kappa shape index (κ3) is 1.51. The van der Waals surface area contributed by atoms with Crippen LogP contribution in [0.4, 0.5) is 4.79 Å². The summed E-state index contributed by atoms with van der Waals surface area (Å²) in [6, 6.07) is 4.11. The Morgan fingerprint density at radius 2 is 2.33 bits per heavy atom. The van der Waals surface area contributed by atoms with E-state index in [1.54, 1.807) is 0 Å². The van der Waals surface area contributed by atoms with Crippen LogP contribution >= 0.6 is 0 Å². The number of aromatic nitrogens is 1. The van der Waals surface area contributed by atoms with Crippen LogP contribution in [0.2, 0.25) is 0 Å². The fraction of sp³-hybridized carbons (Fsp3) is 0.571. The lowest BCUT2D eigenvalue weighted by atomic mass is 9.69. The lowest BCUT2D eigenvalue weighted by molar-refractivity contribution is 0.0648. The summed E-state index contributed by atoms with van der Waals surface area (Å²) in [5.41, 5.74) is 2.01. The van der Waals surface area contributed by atoms with Crippen LogP contribution < -0.4 is 0 Å². The van der Waals surface area contributed by atoms with Crippen LogP contribution in [0.1, 0.15) is 31.0 Å². The number of rotatable bonds is 2. The lowest BCUT2D eigenvalue weighted by Gasteiger charge is -2.41. The Labute approximate surface area is 107 Å². The van der Waals surface area contributed by atoms with E-state index in [0.717, 1.165) is 30.6 Å². The summed E-state index contributed by atoms with van der Waals surface area (Å²) in [4.78, 5) is 18.3. The molecule has 0 radical (unpaired) electrons. The number of nitrogens with zero attached hydrogens (tertiary/aromatic N) is 2. The van der Waals surface area contributed by atoms with Gasteiger partial charge in [0.1, 0.15) is 0 Å². The van der Waals surface area contributed by atoms with Crippen LogP contribution in [0.3, 0.4) is 0 Å². The van der Waals surface area contributed by atoms with Gasteiger partial charge in [-0.15, -0.1) is 0 Å². The first-order valence-corrected chi connectivity index (χ1v) is 6.53. The van der Waals surface area contributed by atoms with Crippen LogP contribution in [0.15, 0.2) is 18.3 Å². The molecule has 96 valence electrons. The number of carbonyl (C=O) groups excluding carboxylic acids is 1. The SMILES string of the molecule is CCOC(=O)N1CC2CC1(c1ccc(C)nc1)C2. The molecule has 3 fully saturated rings. The Hall–Kier alpha value is -1.58. The monoisotopic (exact) mass is 246 g/mol. The number of aryl methyl sites for hydroxylation is 1. The quantitative estimate of drug-likeness (QED) is 0.805. The number of carbonyl (C=O) groups is 1. The van der Waals surface area contributed by atoms with Gasteiger partial charge in [-0.25, -0.2) is 4.79 Å². The molecule has 1 saturated carbocycles. The van der Waals surface area contributed by atoms with Crippen molar-refractivity contribution in [2.75, 3.05) is 13.2 Å². The molecule has 4 nitrogen and oxygen atoms in total. The van der Waals surface area contributed by atoms with E-state index in [4.69, 9.17) is 4.74 Å². The molecule has 18 heavy (non-hydrogen) atoms. The molecule has 0 aromatic carbocycles. The van der Waals surface area contributed by atoms with Gasteiger partial charge >= 0.3 is 6.09 Å². The van der Waals surface area contributed by atoms with E-state index in [2.05, 4.69) is 11.1 Å². The van der Waals surface area contributed by atoms with Crippen molar-refractivity contribution < 1.29 is 9.53 Å². The van der Waals surface area contributed by atoms with Crippen LogP contribution in [-0.4, -0.2) is 29.1 Å². The smallest absolute Gasteiger partial charge is 0.410 e. The molecular formula is C14H18N2O2. The highest BCUT2D eigenvalue weighted by Crippen LogP contribution is 2.56. The minimum atomic E-state index is -0.182. The van der Waals surface area contributed by atoms with Gasteiger partial charge in [0.25, 0.3) is 0 Å². The standard InChI is InChI=1S/C14H18N2O2/c1-3-18-13(17)16-9-11-6-14(16,7-11)12-5-4-10(2)15-8-12/h4-5,8,11H,3,6-7,9H2,1-2H3. The van der Waals surface area contributed by atoms with E-state index >= 15 is 0 Å². The molecule has 0 atom stereocenters. The van der Waals surface area contributed by atoms with Gasteiger partial charge in [-0.3, -0.25) is 9.88 Å². The average Bonchev–Trinajstić information content (AvgIpc) is 2.85. The second-order valence-electron chi connectivity index (χ2n) is 5.30. The van der Waals surface area contributed by atoms with Crippen LogP contribution in [0, 0.1) is 12.8 Å². The van der Waals surface area contributed by atoms with Gasteiger partial charge in [0.15, 0.2) is 0 Å². The average molecular weight is 246 g/mol. The molecule has 4 rings (SSSR count). The summed E-state index contributed by atoms with van der Waals surface area (Å²) >= 11 is 0. The summed E-state index contributed by atoms with van der Waals surface area (Å²) in [7, 11) is 0. The Bertz CT molecular complexity index is 463. The van der Waals surface area contributed by atoms with Crippen molar-refractivity contribution in [3.8, 4) is 0 Å². The second-order valence-corrected chi connectivity index (χ2v) is 5.30. The molecule has 1 aromatic rings. The third-order valence-corrected chi connectivity index (χ3v) is 4.15. The summed E-state index contributed by atoms with van der Waals surface area (Å²) in [6.45, 7) is 5.08. The summed E-state index contributed by atoms with van der Waals surface area (Å²) in [5.74, 6) is 0.635. The first-order valence-electron chi connectivity index (χ1n) is 6.53. The molecule has 2 bridgehead atoms. The minimum Gasteiger partial charge on any atom is -0.450 e. The second kappa shape index (κ2) is 3.97. The number of pyridine rings is 1. The Balaban J connectivity index is 1.89. The van der Waals surface area contributed by atoms with Crippen molar-refractivity contribution in [2.45, 2.75) is 32.2 Å². The molecule has 1 aliphatic carbocycles. The van der Waals surface area contributed by atoms with Crippen molar-refractivity contribution in [1.82, 2.24) is 9.88 Å². The summed E-state index contributed by atoms with van der Waals surface area (Å²) in [6.07, 6.45) is 3.83. The molecule has 0 N–H and O–H groups in total. The Morgan fingerprint density at radius 1 is 1.56 bits per heavy atom. The van der Waals surface area contributed by atoms with Gasteiger partial charge in [0.05, 0.1) is 12.1 Å². The number of fused-ring (bicyclic) bond motifs is 1. The normalized spacial score (nSPS) is 29.0. The number of hydrogen-bond donors (Lipinski definition) is 0. The van der Waals surface area contributed by atoms with Crippen LogP contribution in [-0.2, 0) is 10.3 Å². The molecule has 4 heteroatoms. The maximum atomic E-state index is 12.0. The van der Waals surface area contributed by atoms with Gasteiger partial charge in [-0.1, -0.05) is 6.07 Å². The lowest BCUT2D eigenvalue weighted by Crippen LogP contribution is -2.46. The van der Waals surface area contributed by atoms with Crippen molar-refractivity contribution in [3.63, 3.8) is 0 Å². The van der Waals surface area contributed by atoms with Crippen LogP contribution in [0.25, 0.3) is 0 Å². The van der Waals surface area contributed by atoms with E-state index in [-0.39, 0.29) is 11.6 Å². The molecular weight excluding hydrogens is 228 g/mol. The molecule has 0 unspecified atom stereocenters. The van der Waals surface area contributed by atoms with Gasteiger partial charge < -0.3 is 4.74 Å². The summed E-state index contributed by atoms with van der Waals surface area (Å²) < 4.78 is 5.16. The molecule has 2 aliphatic heterocycles. The molecule has 3 heterocycles. The first-order chi connectivity index (χ1) is 8.65. The van der Waals surface area contributed by atoms with E-state index in [1.165, 1.54) is 0 Å². The fourth-order valence-electron chi connectivity index (χ4n) is 3.26. The van der Waals surface area contributed by atoms with Gasteiger partial charge in [0, 0.05) is 18.4 Å². The van der Waals surface area contributed by atoms with Crippen molar-refractivity contribution in [3.05, 3.63) is 29.6 Å². The largest absolute Gasteiger partial charge is 0.450 e. The number of hydrogen-bond acceptors (Lipinski definition) is 3. The van der Waals surface area contributed by atoms with E-state index in [0.29, 0.717) is 12.5 Å². The summed E-state index contributed by atoms with van der Waals surface area (Å²) in [5, 5.41) is 0. The number of amides is 1. The van der Waals surface area contributed by atoms with Gasteiger partial charge in [-0.05, 0) is 44.2 Å². The molecule has 3 aliphatic rings. The van der Waals surface area contributed by atoms with E-state index in [1.807, 2.05) is 31.0 Å². The minimum absolute atomic E-state index is 0.141. The zero-order valence-corrected chi connectivity index (χ0v) is 10.8. The Kier molecular flexibility index (Phi) is 2.54. The predicted octanol–water partition coefficient (Wildman–Crippen LogP) is 2.47. The van der Waals surface area contributed by atoms with Crippen LogP contribution in [0.5, 0.6) is 0 Å². The van der Waals surface area contributed by atoms with Gasteiger partial charge in [0.2, 0.25) is 0 Å². The maximum absolute atomic E-state index is 12.0. The molecule has 2 saturated heterocycles. The van der Waals surface area contributed by atoms with Crippen molar-refractivity contribution >= 4 is 6.09 Å².